The minimum Gasteiger partial charge on any atom is -0.387 e. The average molecular weight is 153 g/mol. The summed E-state index contributed by atoms with van der Waals surface area (Å²) in [5.74, 6) is 1.38. The summed E-state index contributed by atoms with van der Waals surface area (Å²) in [6.07, 6.45) is 2.22. The summed E-state index contributed by atoms with van der Waals surface area (Å²) in [6, 6.07) is 0. The zero-order valence-electron chi connectivity index (χ0n) is 6.41. The molecule has 1 rings (SSSR count). The molecule has 1 heterocycles. The van der Waals surface area contributed by atoms with Crippen molar-refractivity contribution in [2.24, 2.45) is 10.7 Å². The normalized spacial score (nSPS) is 11.9. The molecule has 1 aromatic rings. The van der Waals surface area contributed by atoms with Crippen LogP contribution >= 0.6 is 0 Å². The molecular weight excluding hydrogens is 142 g/mol. The van der Waals surface area contributed by atoms with Crippen LogP contribution in [-0.2, 0) is 6.54 Å². The van der Waals surface area contributed by atoms with Crippen LogP contribution in [-0.4, -0.2) is 21.0 Å². The van der Waals surface area contributed by atoms with Crippen molar-refractivity contribution in [2.45, 2.75) is 19.9 Å². The van der Waals surface area contributed by atoms with Gasteiger partial charge < -0.3 is 5.73 Å². The molecule has 0 aliphatic carbocycles. The second-order valence-electron chi connectivity index (χ2n) is 2.09. The van der Waals surface area contributed by atoms with Gasteiger partial charge in [-0.25, -0.2) is 4.98 Å². The molecule has 0 saturated carbocycles. The van der Waals surface area contributed by atoms with E-state index < -0.39 is 0 Å². The monoisotopic (exact) mass is 153 g/mol. The van der Waals surface area contributed by atoms with Crippen LogP contribution < -0.4 is 5.73 Å². The standard InChI is InChI=1S/C6H11N5/c1-2-5(7)8-3-6-9-4-10-11-6/h4H,2-3H2,1H3,(H2,7,8)(H,9,10,11). The first-order chi connectivity index (χ1) is 5.33. The van der Waals surface area contributed by atoms with Crippen LogP contribution in [0.4, 0.5) is 0 Å². The van der Waals surface area contributed by atoms with Crippen molar-refractivity contribution < 1.29 is 0 Å². The number of aromatic nitrogens is 3. The Morgan fingerprint density at radius 1 is 1.82 bits per heavy atom. The molecule has 0 aromatic carbocycles. The van der Waals surface area contributed by atoms with E-state index in [4.69, 9.17) is 5.73 Å². The average Bonchev–Trinajstić information content (AvgIpc) is 2.52. The summed E-state index contributed by atoms with van der Waals surface area (Å²) in [5.41, 5.74) is 5.48. The van der Waals surface area contributed by atoms with E-state index in [0.717, 1.165) is 12.2 Å². The summed E-state index contributed by atoms with van der Waals surface area (Å²) < 4.78 is 0. The molecule has 60 valence electrons. The second kappa shape index (κ2) is 3.70. The van der Waals surface area contributed by atoms with Crippen molar-refractivity contribution in [3.8, 4) is 0 Å². The van der Waals surface area contributed by atoms with Crippen molar-refractivity contribution in [3.05, 3.63) is 12.2 Å². The Balaban J connectivity index is 2.45. The van der Waals surface area contributed by atoms with Gasteiger partial charge in [-0.3, -0.25) is 10.1 Å². The van der Waals surface area contributed by atoms with Gasteiger partial charge in [0.2, 0.25) is 0 Å². The summed E-state index contributed by atoms with van der Waals surface area (Å²) in [7, 11) is 0. The number of aliphatic imine (C=N–C) groups is 1. The first-order valence-corrected chi connectivity index (χ1v) is 3.46. The van der Waals surface area contributed by atoms with Gasteiger partial charge in [0.1, 0.15) is 18.7 Å². The van der Waals surface area contributed by atoms with Gasteiger partial charge in [-0.1, -0.05) is 6.92 Å². The maximum Gasteiger partial charge on any atom is 0.145 e. The highest BCUT2D eigenvalue weighted by Gasteiger charge is 1.92. The molecule has 0 aliphatic rings. The predicted octanol–water partition coefficient (Wildman–Crippen LogP) is 0.0719. The van der Waals surface area contributed by atoms with Gasteiger partial charge in [-0.2, -0.15) is 5.10 Å². The van der Waals surface area contributed by atoms with Crippen LogP contribution in [0.15, 0.2) is 11.3 Å². The third-order valence-corrected chi connectivity index (χ3v) is 1.26. The van der Waals surface area contributed by atoms with E-state index in [1.54, 1.807) is 0 Å². The topological polar surface area (TPSA) is 79.9 Å². The quantitative estimate of drug-likeness (QED) is 0.476. The lowest BCUT2D eigenvalue weighted by Gasteiger charge is -1.92. The molecule has 3 N–H and O–H groups in total. The molecule has 0 radical (unpaired) electrons. The number of nitrogens with one attached hydrogen (secondary N) is 1. The number of rotatable bonds is 3. The van der Waals surface area contributed by atoms with Crippen LogP contribution in [0.5, 0.6) is 0 Å². The fraction of sp³-hybridized carbons (Fsp3) is 0.500. The van der Waals surface area contributed by atoms with Crippen LogP contribution in [0, 0.1) is 0 Å². The van der Waals surface area contributed by atoms with Crippen molar-refractivity contribution in [1.82, 2.24) is 15.2 Å². The summed E-state index contributed by atoms with van der Waals surface area (Å²) in [4.78, 5) is 7.94. The van der Waals surface area contributed by atoms with E-state index in [9.17, 15) is 0 Å². The SMILES string of the molecule is CCC(N)=NCc1ncn[nH]1. The predicted molar refractivity (Wildman–Crippen MR) is 42.0 cm³/mol. The van der Waals surface area contributed by atoms with Gasteiger partial charge in [-0.15, -0.1) is 0 Å². The summed E-state index contributed by atoms with van der Waals surface area (Å²) in [5, 5.41) is 6.37. The molecule has 0 saturated heterocycles. The highest BCUT2D eigenvalue weighted by atomic mass is 15.2. The maximum absolute atomic E-state index is 5.48. The second-order valence-corrected chi connectivity index (χ2v) is 2.09. The minimum absolute atomic E-state index is 0.486. The van der Waals surface area contributed by atoms with Gasteiger partial charge >= 0.3 is 0 Å². The van der Waals surface area contributed by atoms with Crippen molar-refractivity contribution in [1.29, 1.82) is 0 Å². The fourth-order valence-corrected chi connectivity index (χ4v) is 0.595. The van der Waals surface area contributed by atoms with Crippen LogP contribution in [0.1, 0.15) is 19.2 Å². The van der Waals surface area contributed by atoms with Gasteiger partial charge in [0.15, 0.2) is 0 Å². The number of H-pyrrole nitrogens is 1. The number of aromatic amines is 1. The Morgan fingerprint density at radius 3 is 3.18 bits per heavy atom. The van der Waals surface area contributed by atoms with Gasteiger partial charge in [0, 0.05) is 6.42 Å². The van der Waals surface area contributed by atoms with Crippen molar-refractivity contribution in [3.63, 3.8) is 0 Å². The zero-order chi connectivity index (χ0) is 8.10. The largest absolute Gasteiger partial charge is 0.387 e. The Hall–Kier alpha value is -1.39. The smallest absolute Gasteiger partial charge is 0.145 e. The number of nitrogens with zero attached hydrogens (tertiary/aromatic N) is 3. The number of hydrogen-bond acceptors (Lipinski definition) is 3. The van der Waals surface area contributed by atoms with Gasteiger partial charge in [-0.05, 0) is 0 Å². The zero-order valence-corrected chi connectivity index (χ0v) is 6.41. The molecule has 0 atom stereocenters. The van der Waals surface area contributed by atoms with E-state index in [-0.39, 0.29) is 0 Å². The first-order valence-electron chi connectivity index (χ1n) is 3.46. The summed E-state index contributed by atoms with van der Waals surface area (Å²) in [6.45, 7) is 2.44. The lowest BCUT2D eigenvalue weighted by Crippen LogP contribution is -2.09. The van der Waals surface area contributed by atoms with E-state index in [0.29, 0.717) is 12.4 Å². The van der Waals surface area contributed by atoms with E-state index >= 15 is 0 Å². The van der Waals surface area contributed by atoms with Crippen LogP contribution in [0.3, 0.4) is 0 Å². The number of nitrogens with two attached hydrogens (primary N) is 1. The third kappa shape index (κ3) is 2.37. The molecule has 0 bridgehead atoms. The molecule has 11 heavy (non-hydrogen) atoms. The molecular formula is C6H11N5. The maximum atomic E-state index is 5.48. The Kier molecular flexibility index (Phi) is 2.59. The highest BCUT2D eigenvalue weighted by molar-refractivity contribution is 5.79. The molecule has 0 spiro atoms. The molecule has 0 unspecified atom stereocenters. The van der Waals surface area contributed by atoms with Crippen LogP contribution in [0.2, 0.25) is 0 Å². The minimum atomic E-state index is 0.486. The Morgan fingerprint density at radius 2 is 2.64 bits per heavy atom. The lowest BCUT2D eigenvalue weighted by molar-refractivity contribution is 0.909. The van der Waals surface area contributed by atoms with Crippen molar-refractivity contribution in [2.75, 3.05) is 0 Å². The van der Waals surface area contributed by atoms with E-state index in [1.165, 1.54) is 6.33 Å². The lowest BCUT2D eigenvalue weighted by atomic mass is 10.4. The van der Waals surface area contributed by atoms with Crippen molar-refractivity contribution >= 4 is 5.84 Å². The molecule has 0 fully saturated rings. The molecule has 0 aliphatic heterocycles. The molecule has 5 nitrogen and oxygen atoms in total. The van der Waals surface area contributed by atoms with E-state index in [1.807, 2.05) is 6.92 Å². The number of amidine groups is 1. The first kappa shape index (κ1) is 7.71. The van der Waals surface area contributed by atoms with E-state index in [2.05, 4.69) is 20.2 Å². The Bertz CT molecular complexity index is 225. The third-order valence-electron chi connectivity index (χ3n) is 1.26. The van der Waals surface area contributed by atoms with Gasteiger partial charge in [0.25, 0.3) is 0 Å². The Labute approximate surface area is 64.7 Å². The fourth-order valence-electron chi connectivity index (χ4n) is 0.595. The molecule has 5 heteroatoms. The molecule has 1 aromatic heterocycles. The summed E-state index contributed by atoms with van der Waals surface area (Å²) >= 11 is 0. The molecule has 0 amide bonds. The van der Waals surface area contributed by atoms with Crippen LogP contribution in [0.25, 0.3) is 0 Å². The number of hydrogen-bond donors (Lipinski definition) is 2. The highest BCUT2D eigenvalue weighted by Crippen LogP contribution is 1.89. The van der Waals surface area contributed by atoms with Gasteiger partial charge in [0.05, 0.1) is 5.84 Å².